The normalized spacial score (nSPS) is 11.1. The lowest BCUT2D eigenvalue weighted by Crippen LogP contribution is -2.07. The maximum absolute atomic E-state index is 5.25. The van der Waals surface area contributed by atoms with Gasteiger partial charge in [-0.2, -0.15) is 0 Å². The summed E-state index contributed by atoms with van der Waals surface area (Å²) in [6.07, 6.45) is 5.29. The Kier molecular flexibility index (Phi) is 7.41. The van der Waals surface area contributed by atoms with Crippen LogP contribution in [-0.4, -0.2) is 17.1 Å². The third-order valence-corrected chi connectivity index (χ3v) is 2.13. The lowest BCUT2D eigenvalue weighted by Gasteiger charge is -2.13. The molecular formula is C8H20OSi. The monoisotopic (exact) mass is 160 g/mol. The molecular weight excluding hydrogens is 140 g/mol. The van der Waals surface area contributed by atoms with Gasteiger partial charge in [-0.15, -0.1) is 0 Å². The first-order chi connectivity index (χ1) is 4.85. The van der Waals surface area contributed by atoms with Crippen LogP contribution in [0.2, 0.25) is 0 Å². The molecule has 0 aromatic rings. The highest BCUT2D eigenvalue weighted by Gasteiger charge is 2.04. The van der Waals surface area contributed by atoms with Gasteiger partial charge in [-0.3, -0.25) is 0 Å². The van der Waals surface area contributed by atoms with Crippen LogP contribution >= 0.6 is 0 Å². The topological polar surface area (TPSA) is 9.23 Å². The Morgan fingerprint density at radius 1 is 1.20 bits per heavy atom. The van der Waals surface area contributed by atoms with E-state index in [9.17, 15) is 0 Å². The van der Waals surface area contributed by atoms with Gasteiger partial charge in [0.2, 0.25) is 0 Å². The molecule has 10 heavy (non-hydrogen) atoms. The zero-order chi connectivity index (χ0) is 7.82. The minimum Gasteiger partial charge on any atom is -0.428 e. The number of hydrogen-bond acceptors (Lipinski definition) is 1. The van der Waals surface area contributed by atoms with Crippen molar-refractivity contribution in [3.05, 3.63) is 0 Å². The Balaban J connectivity index is 3.30. The maximum Gasteiger partial charge on any atom is 0.145 e. The van der Waals surface area contributed by atoms with Crippen LogP contribution in [0.15, 0.2) is 0 Å². The molecule has 0 aliphatic rings. The van der Waals surface area contributed by atoms with Gasteiger partial charge in [0.25, 0.3) is 0 Å². The molecule has 0 aromatic carbocycles. The van der Waals surface area contributed by atoms with Crippen LogP contribution in [0.5, 0.6) is 0 Å². The van der Waals surface area contributed by atoms with Crippen molar-refractivity contribution in [2.45, 2.75) is 39.5 Å². The minimum atomic E-state index is 0.840. The van der Waals surface area contributed by atoms with Gasteiger partial charge in [0, 0.05) is 6.61 Å². The van der Waals surface area contributed by atoms with Gasteiger partial charge in [0.15, 0.2) is 0 Å². The van der Waals surface area contributed by atoms with Crippen molar-refractivity contribution >= 4 is 10.5 Å². The molecule has 0 aliphatic carbocycles. The summed E-state index contributed by atoms with van der Waals surface area (Å²) in [6, 6.07) is 0. The standard InChI is InChI=1S/C8H20OSi/c1-3-5-8(6-4-2)7-9-10/h8H,3-7H2,1-2,10H3. The summed E-state index contributed by atoms with van der Waals surface area (Å²) in [5.41, 5.74) is 0. The lowest BCUT2D eigenvalue weighted by molar-refractivity contribution is 0.247. The van der Waals surface area contributed by atoms with Crippen LogP contribution in [0.4, 0.5) is 0 Å². The van der Waals surface area contributed by atoms with E-state index in [4.69, 9.17) is 4.43 Å². The van der Waals surface area contributed by atoms with Gasteiger partial charge in [-0.1, -0.05) is 26.7 Å². The SMILES string of the molecule is CCCC(CCC)CO[SiH3]. The molecule has 0 rings (SSSR count). The molecule has 0 unspecified atom stereocenters. The number of hydrogen-bond donors (Lipinski definition) is 0. The first kappa shape index (κ1) is 10.2. The predicted molar refractivity (Wildman–Crippen MR) is 49.2 cm³/mol. The lowest BCUT2D eigenvalue weighted by atomic mass is 10.00. The molecule has 0 bridgehead atoms. The summed E-state index contributed by atoms with van der Waals surface area (Å²) in [6.45, 7) is 5.50. The molecule has 0 fully saturated rings. The second-order valence-electron chi connectivity index (χ2n) is 2.90. The molecule has 1 nitrogen and oxygen atoms in total. The van der Waals surface area contributed by atoms with Crippen molar-refractivity contribution in [1.82, 2.24) is 0 Å². The van der Waals surface area contributed by atoms with E-state index in [0.717, 1.165) is 23.0 Å². The molecule has 0 radical (unpaired) electrons. The van der Waals surface area contributed by atoms with Gasteiger partial charge in [-0.25, -0.2) is 0 Å². The second-order valence-corrected chi connectivity index (χ2v) is 3.48. The van der Waals surface area contributed by atoms with Crippen molar-refractivity contribution in [2.24, 2.45) is 5.92 Å². The molecule has 0 aliphatic heterocycles. The molecule has 0 amide bonds. The summed E-state index contributed by atoms with van der Waals surface area (Å²) in [4.78, 5) is 0. The molecule has 0 N–H and O–H groups in total. The van der Waals surface area contributed by atoms with Gasteiger partial charge in [0.05, 0.1) is 0 Å². The minimum absolute atomic E-state index is 0.840. The van der Waals surface area contributed by atoms with E-state index in [-0.39, 0.29) is 0 Å². The molecule has 0 atom stereocenters. The molecule has 2 heteroatoms. The molecule has 0 saturated carbocycles. The fourth-order valence-electron chi connectivity index (χ4n) is 1.36. The van der Waals surface area contributed by atoms with Crippen LogP contribution in [0.25, 0.3) is 0 Å². The second kappa shape index (κ2) is 7.29. The molecule has 0 heterocycles. The van der Waals surface area contributed by atoms with Crippen molar-refractivity contribution in [3.63, 3.8) is 0 Å². The van der Waals surface area contributed by atoms with Gasteiger partial charge >= 0.3 is 0 Å². The Bertz CT molecular complexity index is 52.0. The fraction of sp³-hybridized carbons (Fsp3) is 1.00. The van der Waals surface area contributed by atoms with Crippen LogP contribution in [0.3, 0.4) is 0 Å². The van der Waals surface area contributed by atoms with E-state index in [1.807, 2.05) is 0 Å². The van der Waals surface area contributed by atoms with E-state index in [0.29, 0.717) is 0 Å². The van der Waals surface area contributed by atoms with Gasteiger partial charge < -0.3 is 4.43 Å². The highest BCUT2D eigenvalue weighted by Crippen LogP contribution is 2.12. The molecule has 0 spiro atoms. The first-order valence-corrected chi connectivity index (χ1v) is 5.15. The summed E-state index contributed by atoms with van der Waals surface area (Å²) < 4.78 is 5.25. The molecule has 62 valence electrons. The van der Waals surface area contributed by atoms with Crippen LogP contribution in [0, 0.1) is 5.92 Å². The average Bonchev–Trinajstić information content (AvgIpc) is 1.90. The maximum atomic E-state index is 5.25. The van der Waals surface area contributed by atoms with Crippen molar-refractivity contribution in [3.8, 4) is 0 Å². The smallest absolute Gasteiger partial charge is 0.145 e. The zero-order valence-electron chi connectivity index (χ0n) is 7.52. The Morgan fingerprint density at radius 3 is 2.00 bits per heavy atom. The third kappa shape index (κ3) is 5.00. The van der Waals surface area contributed by atoms with E-state index in [2.05, 4.69) is 13.8 Å². The van der Waals surface area contributed by atoms with Gasteiger partial charge in [-0.05, 0) is 18.8 Å². The van der Waals surface area contributed by atoms with E-state index in [1.165, 1.54) is 25.7 Å². The highest BCUT2D eigenvalue weighted by atomic mass is 28.2. The number of rotatable bonds is 6. The Morgan fingerprint density at radius 2 is 1.70 bits per heavy atom. The summed E-state index contributed by atoms with van der Waals surface area (Å²) >= 11 is 0. The molecule has 0 aromatic heterocycles. The Labute approximate surface area is 67.7 Å². The third-order valence-electron chi connectivity index (χ3n) is 1.80. The van der Waals surface area contributed by atoms with Crippen LogP contribution in [-0.2, 0) is 4.43 Å². The van der Waals surface area contributed by atoms with Crippen LogP contribution < -0.4 is 0 Å². The quantitative estimate of drug-likeness (QED) is 0.535. The van der Waals surface area contributed by atoms with E-state index in [1.54, 1.807) is 0 Å². The van der Waals surface area contributed by atoms with Gasteiger partial charge in [0.1, 0.15) is 10.5 Å². The Hall–Kier alpha value is 0.177. The van der Waals surface area contributed by atoms with Crippen molar-refractivity contribution in [2.75, 3.05) is 6.61 Å². The van der Waals surface area contributed by atoms with Crippen molar-refractivity contribution < 1.29 is 4.43 Å². The average molecular weight is 160 g/mol. The molecule has 0 saturated heterocycles. The van der Waals surface area contributed by atoms with Crippen molar-refractivity contribution in [1.29, 1.82) is 0 Å². The fourth-order valence-corrected chi connectivity index (χ4v) is 1.83. The first-order valence-electron chi connectivity index (χ1n) is 4.34. The largest absolute Gasteiger partial charge is 0.428 e. The summed E-state index contributed by atoms with van der Waals surface area (Å²) in [5.74, 6) is 0.840. The zero-order valence-corrected chi connectivity index (χ0v) is 9.52. The predicted octanol–water partition coefficient (Wildman–Crippen LogP) is 1.50. The van der Waals surface area contributed by atoms with E-state index < -0.39 is 0 Å². The van der Waals surface area contributed by atoms with Crippen LogP contribution in [0.1, 0.15) is 39.5 Å². The van der Waals surface area contributed by atoms with E-state index >= 15 is 0 Å². The summed E-state index contributed by atoms with van der Waals surface area (Å²) in [7, 11) is 0.901. The highest BCUT2D eigenvalue weighted by molar-refractivity contribution is 5.97. The summed E-state index contributed by atoms with van der Waals surface area (Å²) in [5, 5.41) is 0.